The zero-order valence-corrected chi connectivity index (χ0v) is 19.6. The van der Waals surface area contributed by atoms with E-state index in [1.807, 2.05) is 42.5 Å². The molecule has 3 atom stereocenters. The number of aliphatic hydroxyl groups is 2. The van der Waals surface area contributed by atoms with E-state index in [2.05, 4.69) is 11.9 Å². The number of hydrogen-bond acceptors (Lipinski definition) is 6. The predicted molar refractivity (Wildman–Crippen MR) is 130 cm³/mol. The number of rotatable bonds is 11. The normalized spacial score (nSPS) is 16.5. The maximum absolute atomic E-state index is 13.2. The molecule has 8 heteroatoms. The van der Waals surface area contributed by atoms with Crippen LogP contribution in [0.2, 0.25) is 0 Å². The molecule has 3 rings (SSSR count). The molecule has 3 N–H and O–H groups in total. The Morgan fingerprint density at radius 3 is 2.43 bits per heavy atom. The number of carbonyl (C=O) groups excluding carboxylic acids is 3. The van der Waals surface area contributed by atoms with Crippen molar-refractivity contribution in [1.29, 1.82) is 0 Å². The molecule has 186 valence electrons. The van der Waals surface area contributed by atoms with Crippen molar-refractivity contribution in [3.63, 3.8) is 0 Å². The first-order valence-electron chi connectivity index (χ1n) is 11.7. The molecule has 0 saturated carbocycles. The molecule has 1 aliphatic rings. The van der Waals surface area contributed by atoms with E-state index in [1.54, 1.807) is 17.0 Å². The molecule has 0 aromatic heterocycles. The van der Waals surface area contributed by atoms with Crippen molar-refractivity contribution in [2.45, 2.75) is 44.5 Å². The van der Waals surface area contributed by atoms with E-state index in [9.17, 15) is 24.6 Å². The molecular weight excluding hydrogens is 448 g/mol. The minimum Gasteiger partial charge on any atom is -0.459 e. The second-order valence-corrected chi connectivity index (χ2v) is 8.59. The third-order valence-corrected chi connectivity index (χ3v) is 6.14. The number of fused-ring (bicyclic) bond motifs is 1. The van der Waals surface area contributed by atoms with Gasteiger partial charge in [0.25, 0.3) is 0 Å². The number of benzene rings is 2. The highest BCUT2D eigenvalue weighted by Gasteiger charge is 2.33. The molecule has 8 nitrogen and oxygen atoms in total. The summed E-state index contributed by atoms with van der Waals surface area (Å²) in [5, 5.41) is 22.0. The highest BCUT2D eigenvalue weighted by Crippen LogP contribution is 2.25. The van der Waals surface area contributed by atoms with Crippen molar-refractivity contribution in [2.75, 3.05) is 13.2 Å². The van der Waals surface area contributed by atoms with E-state index in [-0.39, 0.29) is 38.0 Å². The zero-order chi connectivity index (χ0) is 25.2. The largest absolute Gasteiger partial charge is 0.459 e. The summed E-state index contributed by atoms with van der Waals surface area (Å²) in [6, 6.07) is 15.2. The van der Waals surface area contributed by atoms with Crippen LogP contribution in [0.25, 0.3) is 0 Å². The predicted octanol–water partition coefficient (Wildman–Crippen LogP) is 1.74. The number of aliphatic hydroxyl groups excluding tert-OH is 2. The van der Waals surface area contributed by atoms with Gasteiger partial charge < -0.3 is 25.2 Å². The first kappa shape index (κ1) is 26.1. The number of esters is 1. The van der Waals surface area contributed by atoms with Crippen LogP contribution in [0, 0.1) is 5.92 Å². The van der Waals surface area contributed by atoms with Gasteiger partial charge in [-0.1, -0.05) is 60.7 Å². The third-order valence-electron chi connectivity index (χ3n) is 6.14. The summed E-state index contributed by atoms with van der Waals surface area (Å²) >= 11 is 0. The number of nitrogens with one attached hydrogen (secondary N) is 1. The Morgan fingerprint density at radius 1 is 1.09 bits per heavy atom. The summed E-state index contributed by atoms with van der Waals surface area (Å²) in [5.74, 6) is -2.37. The smallest absolute Gasteiger partial charge is 0.331 e. The van der Waals surface area contributed by atoms with E-state index < -0.39 is 30.4 Å². The number of amides is 2. The van der Waals surface area contributed by atoms with Crippen molar-refractivity contribution >= 4 is 17.8 Å². The lowest BCUT2D eigenvalue weighted by atomic mass is 9.92. The first-order chi connectivity index (χ1) is 17.0. The van der Waals surface area contributed by atoms with Gasteiger partial charge in [-0.15, -0.1) is 6.58 Å². The molecule has 2 aromatic rings. The van der Waals surface area contributed by atoms with E-state index in [0.29, 0.717) is 13.0 Å². The van der Waals surface area contributed by atoms with Crippen LogP contribution in [0.3, 0.4) is 0 Å². The van der Waals surface area contributed by atoms with Gasteiger partial charge in [-0.25, -0.2) is 4.79 Å². The Bertz CT molecular complexity index is 1030. The lowest BCUT2D eigenvalue weighted by Gasteiger charge is -2.36. The summed E-state index contributed by atoms with van der Waals surface area (Å²) in [6.45, 7) is 3.23. The molecule has 2 amide bonds. The number of carbonyl (C=O) groups is 3. The molecular formula is C27H32N2O6. The van der Waals surface area contributed by atoms with Crippen LogP contribution in [0.1, 0.15) is 29.5 Å². The van der Waals surface area contributed by atoms with Crippen molar-refractivity contribution in [2.24, 2.45) is 5.92 Å². The summed E-state index contributed by atoms with van der Waals surface area (Å²) in [5.41, 5.74) is 2.88. The van der Waals surface area contributed by atoms with Gasteiger partial charge in [-0.05, 0) is 29.5 Å². The number of ether oxygens (including phenoxy) is 1. The fraction of sp³-hybridized carbons (Fsp3) is 0.370. The van der Waals surface area contributed by atoms with Gasteiger partial charge in [-0.3, -0.25) is 9.59 Å². The summed E-state index contributed by atoms with van der Waals surface area (Å²) in [7, 11) is 0. The van der Waals surface area contributed by atoms with Crippen molar-refractivity contribution in [1.82, 2.24) is 10.2 Å². The Balaban J connectivity index is 1.62. The van der Waals surface area contributed by atoms with Gasteiger partial charge in [0.05, 0.1) is 25.2 Å². The van der Waals surface area contributed by atoms with E-state index >= 15 is 0 Å². The quantitative estimate of drug-likeness (QED) is 0.333. The highest BCUT2D eigenvalue weighted by atomic mass is 16.5. The molecule has 0 spiro atoms. The second kappa shape index (κ2) is 12.8. The molecule has 35 heavy (non-hydrogen) atoms. The molecule has 0 radical (unpaired) electrons. The lowest BCUT2D eigenvalue weighted by molar-refractivity contribution is -0.151. The molecule has 0 aliphatic carbocycles. The summed E-state index contributed by atoms with van der Waals surface area (Å²) in [6.07, 6.45) is 2.17. The minimum atomic E-state index is -1.25. The molecule has 0 saturated heterocycles. The topological polar surface area (TPSA) is 116 Å². The lowest BCUT2D eigenvalue weighted by Crippen LogP contribution is -2.49. The van der Waals surface area contributed by atoms with Crippen LogP contribution < -0.4 is 5.32 Å². The molecule has 1 aliphatic heterocycles. The third kappa shape index (κ3) is 7.00. The number of hydrogen-bond donors (Lipinski definition) is 3. The Hall–Kier alpha value is -3.49. The van der Waals surface area contributed by atoms with Crippen molar-refractivity contribution < 1.29 is 29.3 Å². The van der Waals surface area contributed by atoms with E-state index in [4.69, 9.17) is 4.74 Å². The number of nitrogens with zero attached hydrogens (tertiary/aromatic N) is 1. The van der Waals surface area contributed by atoms with E-state index in [1.165, 1.54) is 6.08 Å². The SMILES string of the molecule is C=CCC(CC(=O)N1Cc2ccccc2CC1CO)C(=O)NC(CO)C(=O)OCc1ccccc1. The monoisotopic (exact) mass is 480 g/mol. The van der Waals surface area contributed by atoms with Gasteiger partial charge in [0, 0.05) is 13.0 Å². The van der Waals surface area contributed by atoms with Crippen LogP contribution in [0.15, 0.2) is 67.3 Å². The minimum absolute atomic E-state index is 0.0135. The Kier molecular flexibility index (Phi) is 9.57. The fourth-order valence-electron chi connectivity index (χ4n) is 4.15. The van der Waals surface area contributed by atoms with Crippen LogP contribution in [0.4, 0.5) is 0 Å². The van der Waals surface area contributed by atoms with Crippen molar-refractivity contribution in [3.8, 4) is 0 Å². The van der Waals surface area contributed by atoms with Gasteiger partial charge in [0.2, 0.25) is 11.8 Å². The Labute approximate surface area is 205 Å². The summed E-state index contributed by atoms with van der Waals surface area (Å²) in [4.78, 5) is 40.1. The van der Waals surface area contributed by atoms with Gasteiger partial charge in [-0.2, -0.15) is 0 Å². The maximum Gasteiger partial charge on any atom is 0.331 e. The molecule has 0 bridgehead atoms. The van der Waals surface area contributed by atoms with Crippen LogP contribution in [0.5, 0.6) is 0 Å². The van der Waals surface area contributed by atoms with Crippen molar-refractivity contribution in [3.05, 3.63) is 83.9 Å². The maximum atomic E-state index is 13.2. The first-order valence-corrected chi connectivity index (χ1v) is 11.7. The van der Waals surface area contributed by atoms with Crippen LogP contribution >= 0.6 is 0 Å². The number of allylic oxidation sites excluding steroid dienone is 1. The average molecular weight is 481 g/mol. The van der Waals surface area contributed by atoms with Gasteiger partial charge >= 0.3 is 5.97 Å². The van der Waals surface area contributed by atoms with Crippen LogP contribution in [-0.2, 0) is 38.7 Å². The zero-order valence-electron chi connectivity index (χ0n) is 19.6. The Morgan fingerprint density at radius 2 is 1.77 bits per heavy atom. The second-order valence-electron chi connectivity index (χ2n) is 8.59. The fourth-order valence-corrected chi connectivity index (χ4v) is 4.15. The average Bonchev–Trinajstić information content (AvgIpc) is 2.89. The summed E-state index contributed by atoms with van der Waals surface area (Å²) < 4.78 is 5.22. The molecule has 3 unspecified atom stereocenters. The van der Waals surface area contributed by atoms with E-state index in [0.717, 1.165) is 16.7 Å². The standard InChI is InChI=1S/C27H32N2O6/c1-2-8-21(14-25(32)29-15-22-12-7-6-11-20(22)13-23(29)16-30)26(33)28-24(17-31)27(34)35-18-19-9-4-3-5-10-19/h2-7,9-12,21,23-24,30-31H,1,8,13-18H2,(H,28,33). The molecule has 2 aromatic carbocycles. The van der Waals surface area contributed by atoms with Gasteiger partial charge in [0.15, 0.2) is 6.04 Å². The molecule has 0 fully saturated rings. The van der Waals surface area contributed by atoms with Gasteiger partial charge in [0.1, 0.15) is 6.61 Å². The highest BCUT2D eigenvalue weighted by molar-refractivity contribution is 5.89. The van der Waals surface area contributed by atoms with Crippen LogP contribution in [-0.4, -0.2) is 58.2 Å². The molecule has 1 heterocycles.